The van der Waals surface area contributed by atoms with Gasteiger partial charge in [-0.15, -0.1) is 10.2 Å². The van der Waals surface area contributed by atoms with E-state index in [4.69, 9.17) is 28.3 Å². The van der Waals surface area contributed by atoms with Crippen molar-refractivity contribution in [1.29, 1.82) is 0 Å². The second-order valence-corrected chi connectivity index (χ2v) is 10.6. The standard InChI is InChI=1S/C21H14Cl2F3N5O3S2/c22-14-6-8-17(13-4-2-1-3-12(13)14)31-19(21(24,25)26)29-30-20(31)35-10-18(32)28-16-7-5-11(9-15(16)23)36(27,33)34/h1-9H,10H2,(H,28,32)(H2,27,33,34). The Kier molecular flexibility index (Phi) is 7.21. The number of nitrogens with zero attached hydrogens (tertiary/aromatic N) is 3. The molecule has 0 spiro atoms. The SMILES string of the molecule is NS(=O)(=O)c1ccc(NC(=O)CSc2nnc(C(F)(F)F)n2-c2ccc(Cl)c3ccccc23)c(Cl)c1. The average Bonchev–Trinajstić information content (AvgIpc) is 3.23. The molecule has 0 atom stereocenters. The van der Waals surface area contributed by atoms with Crippen LogP contribution in [0.15, 0.2) is 64.6 Å². The number of carbonyl (C=O) groups is 1. The second-order valence-electron chi connectivity index (χ2n) is 7.27. The molecule has 0 saturated carbocycles. The molecule has 1 heterocycles. The number of hydrogen-bond acceptors (Lipinski definition) is 6. The van der Waals surface area contributed by atoms with Gasteiger partial charge in [-0.1, -0.05) is 59.2 Å². The number of anilines is 1. The van der Waals surface area contributed by atoms with Gasteiger partial charge in [-0.05, 0) is 30.3 Å². The Morgan fingerprint density at radius 2 is 1.72 bits per heavy atom. The summed E-state index contributed by atoms with van der Waals surface area (Å²) >= 11 is 13.0. The highest BCUT2D eigenvalue weighted by Gasteiger charge is 2.39. The zero-order valence-electron chi connectivity index (χ0n) is 17.8. The molecule has 0 bridgehead atoms. The minimum Gasteiger partial charge on any atom is -0.324 e. The minimum absolute atomic E-state index is 0.0879. The van der Waals surface area contributed by atoms with Crippen LogP contribution in [0, 0.1) is 0 Å². The number of nitrogens with two attached hydrogens (primary N) is 1. The van der Waals surface area contributed by atoms with Gasteiger partial charge in [0, 0.05) is 15.8 Å². The molecule has 15 heteroatoms. The summed E-state index contributed by atoms with van der Waals surface area (Å²) in [5, 5.41) is 15.5. The highest BCUT2D eigenvalue weighted by atomic mass is 35.5. The quantitative estimate of drug-likeness (QED) is 0.308. The molecule has 4 rings (SSSR count). The van der Waals surface area contributed by atoms with Gasteiger partial charge in [-0.2, -0.15) is 13.2 Å². The molecular formula is C21H14Cl2F3N5O3S2. The van der Waals surface area contributed by atoms with Crippen LogP contribution in [0.3, 0.4) is 0 Å². The third-order valence-electron chi connectivity index (χ3n) is 4.85. The van der Waals surface area contributed by atoms with Gasteiger partial charge in [0.05, 0.1) is 27.0 Å². The Hall–Kier alpha value is -2.84. The van der Waals surface area contributed by atoms with E-state index in [1.54, 1.807) is 24.3 Å². The molecule has 0 unspecified atom stereocenters. The van der Waals surface area contributed by atoms with Gasteiger partial charge >= 0.3 is 6.18 Å². The van der Waals surface area contributed by atoms with Crippen molar-refractivity contribution in [2.75, 3.05) is 11.1 Å². The fourth-order valence-electron chi connectivity index (χ4n) is 3.30. The van der Waals surface area contributed by atoms with Gasteiger partial charge in [0.2, 0.25) is 21.8 Å². The van der Waals surface area contributed by atoms with Gasteiger partial charge in [0.25, 0.3) is 0 Å². The summed E-state index contributed by atoms with van der Waals surface area (Å²) in [7, 11) is -4.00. The summed E-state index contributed by atoms with van der Waals surface area (Å²) in [5.74, 6) is -2.25. The molecule has 3 N–H and O–H groups in total. The summed E-state index contributed by atoms with van der Waals surface area (Å²) in [6.45, 7) is 0. The van der Waals surface area contributed by atoms with Crippen LogP contribution in [0.25, 0.3) is 16.5 Å². The van der Waals surface area contributed by atoms with Crippen molar-refractivity contribution in [3.63, 3.8) is 0 Å². The predicted molar refractivity (Wildman–Crippen MR) is 131 cm³/mol. The molecule has 0 aliphatic rings. The Morgan fingerprint density at radius 3 is 2.36 bits per heavy atom. The largest absolute Gasteiger partial charge is 0.452 e. The number of nitrogens with one attached hydrogen (secondary N) is 1. The number of sulfonamides is 1. The highest BCUT2D eigenvalue weighted by Crippen LogP contribution is 2.37. The summed E-state index contributed by atoms with van der Waals surface area (Å²) in [6, 6.07) is 13.0. The number of fused-ring (bicyclic) bond motifs is 1. The number of benzene rings is 3. The second kappa shape index (κ2) is 9.90. The van der Waals surface area contributed by atoms with E-state index in [9.17, 15) is 26.4 Å². The zero-order chi connectivity index (χ0) is 26.3. The van der Waals surface area contributed by atoms with Crippen molar-refractivity contribution < 1.29 is 26.4 Å². The molecule has 0 aliphatic heterocycles. The van der Waals surface area contributed by atoms with Crippen LogP contribution in [0.5, 0.6) is 0 Å². The van der Waals surface area contributed by atoms with Crippen molar-refractivity contribution in [1.82, 2.24) is 14.8 Å². The molecule has 1 amide bonds. The van der Waals surface area contributed by atoms with E-state index in [0.29, 0.717) is 15.8 Å². The maximum atomic E-state index is 13.8. The third kappa shape index (κ3) is 5.44. The van der Waals surface area contributed by atoms with E-state index in [-0.39, 0.29) is 32.2 Å². The Morgan fingerprint density at radius 1 is 1.03 bits per heavy atom. The van der Waals surface area contributed by atoms with Crippen LogP contribution in [0.1, 0.15) is 5.82 Å². The summed E-state index contributed by atoms with van der Waals surface area (Å²) < 4.78 is 65.0. The van der Waals surface area contributed by atoms with Crippen LogP contribution in [0.2, 0.25) is 10.0 Å². The first kappa shape index (κ1) is 26.2. The molecule has 3 aromatic carbocycles. The van der Waals surface area contributed by atoms with Crippen molar-refractivity contribution in [2.45, 2.75) is 16.2 Å². The van der Waals surface area contributed by atoms with Crippen LogP contribution in [-0.4, -0.2) is 34.8 Å². The summed E-state index contributed by atoms with van der Waals surface area (Å²) in [6.07, 6.45) is -4.83. The lowest BCUT2D eigenvalue weighted by molar-refractivity contribution is -0.146. The van der Waals surface area contributed by atoms with Crippen LogP contribution < -0.4 is 10.5 Å². The molecule has 8 nitrogen and oxygen atoms in total. The van der Waals surface area contributed by atoms with E-state index in [1.807, 2.05) is 0 Å². The predicted octanol–water partition coefficient (Wildman–Crippen LogP) is 5.12. The Bertz CT molecular complexity index is 1590. The maximum Gasteiger partial charge on any atom is 0.452 e. The summed E-state index contributed by atoms with van der Waals surface area (Å²) in [5.41, 5.74) is 0.229. The van der Waals surface area contributed by atoms with Crippen LogP contribution in [-0.2, 0) is 21.0 Å². The number of hydrogen-bond donors (Lipinski definition) is 2. The smallest absolute Gasteiger partial charge is 0.324 e. The summed E-state index contributed by atoms with van der Waals surface area (Å²) in [4.78, 5) is 12.3. The first-order valence-electron chi connectivity index (χ1n) is 9.81. The molecule has 1 aromatic heterocycles. The van der Waals surface area contributed by atoms with Gasteiger partial charge in [0.1, 0.15) is 0 Å². The molecule has 0 aliphatic carbocycles. The van der Waals surface area contributed by atoms with Gasteiger partial charge in [-0.3, -0.25) is 9.36 Å². The number of aromatic nitrogens is 3. The van der Waals surface area contributed by atoms with Crippen LogP contribution >= 0.6 is 35.0 Å². The normalized spacial score (nSPS) is 12.2. The maximum absolute atomic E-state index is 13.8. The van der Waals surface area contributed by atoms with E-state index >= 15 is 0 Å². The average molecular weight is 576 g/mol. The van der Waals surface area contributed by atoms with Crippen molar-refractivity contribution >= 4 is 67.4 Å². The number of halogens is 5. The van der Waals surface area contributed by atoms with Crippen molar-refractivity contribution in [3.05, 3.63) is 70.5 Å². The monoisotopic (exact) mass is 575 g/mol. The molecule has 188 valence electrons. The fraction of sp³-hybridized carbons (Fsp3) is 0.0952. The highest BCUT2D eigenvalue weighted by molar-refractivity contribution is 7.99. The lowest BCUT2D eigenvalue weighted by Crippen LogP contribution is -2.17. The van der Waals surface area contributed by atoms with Crippen LogP contribution in [0.4, 0.5) is 18.9 Å². The first-order valence-corrected chi connectivity index (χ1v) is 13.1. The third-order valence-corrected chi connectivity index (χ3v) is 7.33. The zero-order valence-corrected chi connectivity index (χ0v) is 20.9. The van der Waals surface area contributed by atoms with Gasteiger partial charge < -0.3 is 5.32 Å². The molecule has 0 radical (unpaired) electrons. The van der Waals surface area contributed by atoms with Gasteiger partial charge in [0.15, 0.2) is 5.16 Å². The minimum atomic E-state index is -4.83. The molecule has 4 aromatic rings. The fourth-order valence-corrected chi connectivity index (χ4v) is 5.10. The number of primary sulfonamides is 1. The van der Waals surface area contributed by atoms with Crippen molar-refractivity contribution in [3.8, 4) is 5.69 Å². The molecule has 36 heavy (non-hydrogen) atoms. The number of thioether (sulfide) groups is 1. The van der Waals surface area contributed by atoms with Gasteiger partial charge in [-0.25, -0.2) is 13.6 Å². The Balaban J connectivity index is 1.63. The van der Waals surface area contributed by atoms with E-state index in [1.165, 1.54) is 18.2 Å². The molecule has 0 fully saturated rings. The van der Waals surface area contributed by atoms with E-state index in [2.05, 4.69) is 15.5 Å². The number of carbonyl (C=O) groups excluding carboxylic acids is 1. The molecule has 0 saturated heterocycles. The lowest BCUT2D eigenvalue weighted by Gasteiger charge is -2.15. The first-order chi connectivity index (χ1) is 16.9. The number of rotatable bonds is 6. The number of alkyl halides is 3. The van der Waals surface area contributed by atoms with E-state index in [0.717, 1.165) is 28.5 Å². The topological polar surface area (TPSA) is 120 Å². The van der Waals surface area contributed by atoms with Crippen molar-refractivity contribution in [2.24, 2.45) is 5.14 Å². The lowest BCUT2D eigenvalue weighted by atomic mass is 10.1. The van der Waals surface area contributed by atoms with E-state index < -0.39 is 27.9 Å². The molecular weight excluding hydrogens is 562 g/mol. The Labute approximate surface area is 216 Å². The number of amides is 1.